The minimum atomic E-state index is -1.04. The molecule has 2 atom stereocenters. The molecule has 6 nitrogen and oxygen atoms in total. The molecule has 2 N–H and O–H groups in total. The Morgan fingerprint density at radius 3 is 2.70 bits per heavy atom. The normalized spacial score (nSPS) is 20.4. The van der Waals surface area contributed by atoms with Gasteiger partial charge in [-0.25, -0.2) is 4.79 Å². The number of carboxylic acid groups (broad SMARTS) is 1. The fraction of sp³-hybridized carbons (Fsp3) is 0.643. The summed E-state index contributed by atoms with van der Waals surface area (Å²) in [6.45, 7) is 7.41. The zero-order valence-electron chi connectivity index (χ0n) is 12.1. The first-order valence-corrected chi connectivity index (χ1v) is 6.97. The number of aromatic amines is 1. The minimum Gasteiger partial charge on any atom is -0.476 e. The van der Waals surface area contributed by atoms with E-state index in [1.54, 1.807) is 6.07 Å². The molecule has 0 saturated carbocycles. The average Bonchev–Trinajstić information content (AvgIpc) is 3.04. The average molecular weight is 279 g/mol. The second kappa shape index (κ2) is 5.64. The summed E-state index contributed by atoms with van der Waals surface area (Å²) in [6, 6.07) is 1.56. The monoisotopic (exact) mass is 279 g/mol. The Balaban J connectivity index is 2.01. The lowest BCUT2D eigenvalue weighted by Gasteiger charge is -2.23. The molecule has 1 saturated heterocycles. The van der Waals surface area contributed by atoms with Crippen molar-refractivity contribution in [1.82, 2.24) is 15.1 Å². The summed E-state index contributed by atoms with van der Waals surface area (Å²) in [7, 11) is 0. The van der Waals surface area contributed by atoms with Crippen molar-refractivity contribution in [3.8, 4) is 0 Å². The van der Waals surface area contributed by atoms with Gasteiger partial charge in [0.05, 0.1) is 0 Å². The van der Waals surface area contributed by atoms with Crippen molar-refractivity contribution < 1.29 is 14.7 Å². The third kappa shape index (κ3) is 2.84. The zero-order chi connectivity index (χ0) is 14.9. The number of carbonyl (C=O) groups is 2. The molecular weight excluding hydrogens is 258 g/mol. The van der Waals surface area contributed by atoms with Gasteiger partial charge in [0.25, 0.3) is 0 Å². The molecule has 1 fully saturated rings. The quantitative estimate of drug-likeness (QED) is 0.878. The number of carbonyl (C=O) groups excluding carboxylic acids is 1. The molecule has 1 amide bonds. The van der Waals surface area contributed by atoms with Crippen molar-refractivity contribution in [1.29, 1.82) is 0 Å². The third-order valence-electron chi connectivity index (χ3n) is 4.15. The van der Waals surface area contributed by atoms with Crippen LogP contribution < -0.4 is 0 Å². The number of H-pyrrole nitrogens is 1. The molecule has 110 valence electrons. The molecule has 6 heteroatoms. The van der Waals surface area contributed by atoms with Crippen molar-refractivity contribution in [2.75, 3.05) is 13.1 Å². The van der Waals surface area contributed by atoms with Crippen LogP contribution in [0.5, 0.6) is 0 Å². The second-order valence-electron chi connectivity index (χ2n) is 5.82. The van der Waals surface area contributed by atoms with Crippen LogP contribution in [0.4, 0.5) is 0 Å². The van der Waals surface area contributed by atoms with Gasteiger partial charge in [-0.15, -0.1) is 0 Å². The molecule has 1 aliphatic rings. The maximum absolute atomic E-state index is 12.3. The maximum atomic E-state index is 12.3. The van der Waals surface area contributed by atoms with E-state index in [9.17, 15) is 9.59 Å². The molecule has 0 radical (unpaired) electrons. The van der Waals surface area contributed by atoms with Gasteiger partial charge in [0, 0.05) is 30.6 Å². The van der Waals surface area contributed by atoms with Crippen molar-refractivity contribution in [3.63, 3.8) is 0 Å². The summed E-state index contributed by atoms with van der Waals surface area (Å²) in [5.74, 6) is -0.358. The van der Waals surface area contributed by atoms with Gasteiger partial charge in [0.2, 0.25) is 5.91 Å². The molecule has 20 heavy (non-hydrogen) atoms. The van der Waals surface area contributed by atoms with Crippen LogP contribution in [0.2, 0.25) is 0 Å². The Hall–Kier alpha value is -1.85. The Labute approximate surface area is 118 Å². The Kier molecular flexibility index (Phi) is 4.11. The molecular formula is C14H21N3O3. The molecule has 2 rings (SSSR count). The fourth-order valence-electron chi connectivity index (χ4n) is 2.44. The molecule has 0 aliphatic carbocycles. The summed E-state index contributed by atoms with van der Waals surface area (Å²) >= 11 is 0. The van der Waals surface area contributed by atoms with E-state index in [-0.39, 0.29) is 23.4 Å². The van der Waals surface area contributed by atoms with Crippen LogP contribution >= 0.6 is 0 Å². The summed E-state index contributed by atoms with van der Waals surface area (Å²) < 4.78 is 0. The van der Waals surface area contributed by atoms with E-state index in [0.29, 0.717) is 12.5 Å². The highest BCUT2D eigenvalue weighted by atomic mass is 16.4. The maximum Gasteiger partial charge on any atom is 0.356 e. The van der Waals surface area contributed by atoms with Crippen LogP contribution in [-0.2, 0) is 4.79 Å². The van der Waals surface area contributed by atoms with Gasteiger partial charge in [-0.1, -0.05) is 20.8 Å². The van der Waals surface area contributed by atoms with Crippen molar-refractivity contribution in [3.05, 3.63) is 17.5 Å². The predicted molar refractivity (Wildman–Crippen MR) is 73.5 cm³/mol. The topological polar surface area (TPSA) is 86.3 Å². The highest BCUT2D eigenvalue weighted by molar-refractivity contribution is 5.85. The lowest BCUT2D eigenvalue weighted by Crippen LogP contribution is -2.35. The first-order valence-electron chi connectivity index (χ1n) is 6.97. The number of nitrogens with zero attached hydrogens (tertiary/aromatic N) is 2. The van der Waals surface area contributed by atoms with Gasteiger partial charge in [0.15, 0.2) is 5.69 Å². The van der Waals surface area contributed by atoms with Crippen molar-refractivity contribution in [2.45, 2.75) is 33.1 Å². The smallest absolute Gasteiger partial charge is 0.356 e. The number of aromatic nitrogens is 2. The molecule has 2 unspecified atom stereocenters. The lowest BCUT2D eigenvalue weighted by atomic mass is 9.97. The molecule has 1 aromatic heterocycles. The van der Waals surface area contributed by atoms with Gasteiger partial charge >= 0.3 is 5.97 Å². The largest absolute Gasteiger partial charge is 0.476 e. The zero-order valence-corrected chi connectivity index (χ0v) is 12.1. The summed E-state index contributed by atoms with van der Waals surface area (Å²) in [4.78, 5) is 25.0. The van der Waals surface area contributed by atoms with Crippen LogP contribution in [0.1, 0.15) is 49.3 Å². The Bertz CT molecular complexity index is 510. The van der Waals surface area contributed by atoms with Crippen LogP contribution in [0.25, 0.3) is 0 Å². The molecule has 1 aromatic rings. The number of hydrogen-bond acceptors (Lipinski definition) is 3. The summed E-state index contributed by atoms with van der Waals surface area (Å²) in [6.07, 6.45) is 0.845. The fourth-order valence-corrected chi connectivity index (χ4v) is 2.44. The second-order valence-corrected chi connectivity index (χ2v) is 5.82. The Morgan fingerprint density at radius 2 is 2.15 bits per heavy atom. The number of carboxylic acids is 1. The van der Waals surface area contributed by atoms with Gasteiger partial charge in [-0.05, 0) is 18.4 Å². The van der Waals surface area contributed by atoms with Gasteiger partial charge in [0.1, 0.15) is 0 Å². The molecule has 0 aromatic carbocycles. The molecule has 2 heterocycles. The van der Waals surface area contributed by atoms with Gasteiger partial charge in [-0.3, -0.25) is 9.89 Å². The number of aromatic carboxylic acids is 1. The lowest BCUT2D eigenvalue weighted by molar-refractivity contribution is -0.135. The van der Waals surface area contributed by atoms with Crippen LogP contribution in [0.15, 0.2) is 6.07 Å². The SMILES string of the molecule is CC(C)C(C)C(=O)N1CCC(c2cc(C(=O)O)n[nH]2)C1. The highest BCUT2D eigenvalue weighted by Gasteiger charge is 2.31. The molecule has 0 spiro atoms. The van der Waals surface area contributed by atoms with E-state index in [4.69, 9.17) is 5.11 Å². The van der Waals surface area contributed by atoms with E-state index in [2.05, 4.69) is 10.2 Å². The van der Waals surface area contributed by atoms with Gasteiger partial charge < -0.3 is 10.0 Å². The molecule has 1 aliphatic heterocycles. The van der Waals surface area contributed by atoms with Crippen molar-refractivity contribution in [2.24, 2.45) is 11.8 Å². The Morgan fingerprint density at radius 1 is 1.45 bits per heavy atom. The molecule has 0 bridgehead atoms. The van der Waals surface area contributed by atoms with Crippen LogP contribution in [-0.4, -0.2) is 45.2 Å². The van der Waals surface area contributed by atoms with E-state index in [1.807, 2.05) is 25.7 Å². The summed E-state index contributed by atoms with van der Waals surface area (Å²) in [5.41, 5.74) is 0.829. The van der Waals surface area contributed by atoms with Gasteiger partial charge in [-0.2, -0.15) is 5.10 Å². The third-order valence-corrected chi connectivity index (χ3v) is 4.15. The van der Waals surface area contributed by atoms with Crippen molar-refractivity contribution >= 4 is 11.9 Å². The summed E-state index contributed by atoms with van der Waals surface area (Å²) in [5, 5.41) is 15.4. The number of rotatable bonds is 4. The predicted octanol–water partition coefficient (Wildman–Crippen LogP) is 1.72. The van der Waals surface area contributed by atoms with E-state index in [1.165, 1.54) is 0 Å². The number of amides is 1. The number of nitrogens with one attached hydrogen (secondary N) is 1. The highest BCUT2D eigenvalue weighted by Crippen LogP contribution is 2.28. The number of hydrogen-bond donors (Lipinski definition) is 2. The van der Waals surface area contributed by atoms with Crippen LogP contribution in [0, 0.1) is 11.8 Å². The van der Waals surface area contributed by atoms with E-state index in [0.717, 1.165) is 18.7 Å². The number of likely N-dealkylation sites (tertiary alicyclic amines) is 1. The first kappa shape index (κ1) is 14.6. The standard InChI is InChI=1S/C14H21N3O3/c1-8(2)9(3)13(18)17-5-4-10(7-17)11-6-12(14(19)20)16-15-11/h6,8-10H,4-5,7H2,1-3H3,(H,15,16)(H,19,20). The van der Waals surface area contributed by atoms with E-state index < -0.39 is 5.97 Å². The van der Waals surface area contributed by atoms with Crippen LogP contribution in [0.3, 0.4) is 0 Å². The minimum absolute atomic E-state index is 0.0186. The first-order chi connectivity index (χ1) is 9.40. The van der Waals surface area contributed by atoms with E-state index >= 15 is 0 Å².